The first-order chi connectivity index (χ1) is 9.10. The van der Waals surface area contributed by atoms with E-state index >= 15 is 0 Å². The van der Waals surface area contributed by atoms with Crippen LogP contribution in [0.4, 0.5) is 10.1 Å². The van der Waals surface area contributed by atoms with E-state index in [1.807, 2.05) is 24.3 Å². The van der Waals surface area contributed by atoms with Crippen LogP contribution in [0.25, 0.3) is 12.2 Å². The Balaban J connectivity index is 2.32. The summed E-state index contributed by atoms with van der Waals surface area (Å²) in [7, 11) is 1.49. The Kier molecular flexibility index (Phi) is 4.07. The molecule has 0 atom stereocenters. The van der Waals surface area contributed by atoms with Gasteiger partial charge in [-0.3, -0.25) is 0 Å². The zero-order valence-corrected chi connectivity index (χ0v) is 11.1. The molecule has 2 nitrogen and oxygen atoms in total. The maximum atomic E-state index is 13.3. The van der Waals surface area contributed by atoms with Crippen LogP contribution in [0, 0.1) is 5.82 Å². The van der Waals surface area contributed by atoms with Gasteiger partial charge in [-0.15, -0.1) is 0 Å². The quantitative estimate of drug-likeness (QED) is 0.673. The number of hydrogen-bond donors (Lipinski definition) is 1. The molecule has 0 bridgehead atoms. The first-order valence-corrected chi connectivity index (χ1v) is 6.04. The molecular formula is C15H13ClFNO. The monoisotopic (exact) mass is 277 g/mol. The summed E-state index contributed by atoms with van der Waals surface area (Å²) in [5.41, 5.74) is 7.34. The molecule has 19 heavy (non-hydrogen) atoms. The highest BCUT2D eigenvalue weighted by Gasteiger charge is 2.05. The summed E-state index contributed by atoms with van der Waals surface area (Å²) in [5.74, 6) is -0.0441. The van der Waals surface area contributed by atoms with Crippen molar-refractivity contribution in [2.45, 2.75) is 0 Å². The van der Waals surface area contributed by atoms with Crippen molar-refractivity contribution < 1.29 is 9.13 Å². The highest BCUT2D eigenvalue weighted by molar-refractivity contribution is 6.30. The van der Waals surface area contributed by atoms with Gasteiger partial charge in [0.05, 0.1) is 12.8 Å². The molecule has 0 heterocycles. The van der Waals surface area contributed by atoms with Gasteiger partial charge in [0.25, 0.3) is 0 Å². The van der Waals surface area contributed by atoms with Gasteiger partial charge in [0, 0.05) is 16.7 Å². The number of anilines is 1. The predicted octanol–water partition coefficient (Wildman–Crippen LogP) is 4.24. The van der Waals surface area contributed by atoms with Crippen molar-refractivity contribution in [2.75, 3.05) is 12.8 Å². The average Bonchev–Trinajstić information content (AvgIpc) is 2.41. The molecule has 2 N–H and O–H groups in total. The summed E-state index contributed by atoms with van der Waals surface area (Å²) in [4.78, 5) is 0. The third-order valence-electron chi connectivity index (χ3n) is 2.67. The highest BCUT2D eigenvalue weighted by Crippen LogP contribution is 2.26. The van der Waals surface area contributed by atoms with E-state index < -0.39 is 5.82 Å². The molecule has 0 radical (unpaired) electrons. The van der Waals surface area contributed by atoms with Crippen molar-refractivity contribution >= 4 is 29.4 Å². The predicted molar refractivity (Wildman–Crippen MR) is 77.7 cm³/mol. The van der Waals surface area contributed by atoms with E-state index in [2.05, 4.69) is 0 Å². The van der Waals surface area contributed by atoms with Crippen molar-refractivity contribution in [1.82, 2.24) is 0 Å². The zero-order chi connectivity index (χ0) is 13.8. The summed E-state index contributed by atoms with van der Waals surface area (Å²) in [6.45, 7) is 0. The lowest BCUT2D eigenvalue weighted by Crippen LogP contribution is -1.94. The second kappa shape index (κ2) is 5.76. The Morgan fingerprint density at radius 1 is 1.16 bits per heavy atom. The van der Waals surface area contributed by atoms with Gasteiger partial charge in [-0.1, -0.05) is 35.9 Å². The van der Waals surface area contributed by atoms with Crippen molar-refractivity contribution in [3.63, 3.8) is 0 Å². The number of halogens is 2. The maximum absolute atomic E-state index is 13.3. The number of benzene rings is 2. The third kappa shape index (κ3) is 3.26. The van der Waals surface area contributed by atoms with Gasteiger partial charge in [0.15, 0.2) is 0 Å². The summed E-state index contributed by atoms with van der Waals surface area (Å²) in [6.07, 6.45) is 3.70. The smallest absolute Gasteiger partial charge is 0.149 e. The molecule has 0 spiro atoms. The van der Waals surface area contributed by atoms with E-state index in [4.69, 9.17) is 22.1 Å². The van der Waals surface area contributed by atoms with Crippen LogP contribution in [-0.4, -0.2) is 7.11 Å². The van der Waals surface area contributed by atoms with Gasteiger partial charge in [0.2, 0.25) is 0 Å². The molecule has 4 heteroatoms. The summed E-state index contributed by atoms with van der Waals surface area (Å²) >= 11 is 5.81. The Morgan fingerprint density at radius 2 is 1.84 bits per heavy atom. The third-order valence-corrected chi connectivity index (χ3v) is 2.93. The van der Waals surface area contributed by atoms with E-state index in [1.165, 1.54) is 13.2 Å². The molecule has 0 aromatic heterocycles. The van der Waals surface area contributed by atoms with Gasteiger partial charge < -0.3 is 10.5 Å². The Labute approximate surface area is 116 Å². The zero-order valence-electron chi connectivity index (χ0n) is 10.4. The van der Waals surface area contributed by atoms with Crippen molar-refractivity contribution in [3.05, 3.63) is 58.4 Å². The average molecular weight is 278 g/mol. The van der Waals surface area contributed by atoms with E-state index in [1.54, 1.807) is 18.2 Å². The minimum absolute atomic E-state index is 0.0940. The van der Waals surface area contributed by atoms with Crippen molar-refractivity contribution in [2.24, 2.45) is 0 Å². The second-order valence-corrected chi connectivity index (χ2v) is 4.44. The van der Waals surface area contributed by atoms with Gasteiger partial charge in [-0.25, -0.2) is 4.39 Å². The van der Waals surface area contributed by atoms with E-state index in [-0.39, 0.29) is 5.69 Å². The fraction of sp³-hybridized carbons (Fsp3) is 0.0667. The minimum Gasteiger partial charge on any atom is -0.496 e. The molecule has 2 rings (SSSR count). The number of rotatable bonds is 3. The van der Waals surface area contributed by atoms with Gasteiger partial charge >= 0.3 is 0 Å². The van der Waals surface area contributed by atoms with Crippen molar-refractivity contribution in [1.29, 1.82) is 0 Å². The highest BCUT2D eigenvalue weighted by atomic mass is 35.5. The molecule has 0 saturated carbocycles. The first kappa shape index (κ1) is 13.4. The molecule has 0 aliphatic rings. The second-order valence-electron chi connectivity index (χ2n) is 4.00. The lowest BCUT2D eigenvalue weighted by Gasteiger charge is -2.06. The Hall–Kier alpha value is -2.00. The topological polar surface area (TPSA) is 35.2 Å². The Bertz CT molecular complexity index is 608. The summed E-state index contributed by atoms with van der Waals surface area (Å²) < 4.78 is 18.4. The van der Waals surface area contributed by atoms with Gasteiger partial charge in [-0.2, -0.15) is 0 Å². The maximum Gasteiger partial charge on any atom is 0.149 e. The van der Waals surface area contributed by atoms with Crippen LogP contribution in [0.1, 0.15) is 11.1 Å². The largest absolute Gasteiger partial charge is 0.496 e. The van der Waals surface area contributed by atoms with Crippen molar-refractivity contribution in [3.8, 4) is 5.75 Å². The van der Waals surface area contributed by atoms with Crippen LogP contribution >= 0.6 is 11.6 Å². The summed E-state index contributed by atoms with van der Waals surface area (Å²) in [5, 5.41) is 0.681. The van der Waals surface area contributed by atoms with Gasteiger partial charge in [0.1, 0.15) is 11.6 Å². The summed E-state index contributed by atoms with van der Waals surface area (Å²) in [6, 6.07) is 10.2. The molecule has 0 amide bonds. The SMILES string of the molecule is COc1cc(F)c(N)cc1/C=C/c1ccc(Cl)cc1. The molecular weight excluding hydrogens is 265 g/mol. The van der Waals surface area contributed by atoms with Crippen LogP contribution in [0.5, 0.6) is 5.75 Å². The number of hydrogen-bond acceptors (Lipinski definition) is 2. The molecule has 2 aromatic carbocycles. The number of nitrogens with two attached hydrogens (primary N) is 1. The Morgan fingerprint density at radius 3 is 2.47 bits per heavy atom. The van der Waals surface area contributed by atoms with E-state index in [0.717, 1.165) is 11.1 Å². The molecule has 0 unspecified atom stereocenters. The number of methoxy groups -OCH3 is 1. The van der Waals surface area contributed by atoms with Crippen LogP contribution < -0.4 is 10.5 Å². The lowest BCUT2D eigenvalue weighted by atomic mass is 10.1. The molecule has 0 aliphatic heterocycles. The van der Waals surface area contributed by atoms with Crippen LogP contribution in [-0.2, 0) is 0 Å². The fourth-order valence-corrected chi connectivity index (χ4v) is 1.78. The fourth-order valence-electron chi connectivity index (χ4n) is 1.66. The number of ether oxygens (including phenoxy) is 1. The standard InChI is InChI=1S/C15H13ClFNO/c1-19-15-9-13(17)14(18)8-11(15)5-2-10-3-6-12(16)7-4-10/h2-9H,18H2,1H3/b5-2+. The minimum atomic E-state index is -0.486. The molecule has 2 aromatic rings. The normalized spacial score (nSPS) is 10.9. The molecule has 0 saturated heterocycles. The molecule has 98 valence electrons. The van der Waals surface area contributed by atoms with Crippen LogP contribution in [0.15, 0.2) is 36.4 Å². The van der Waals surface area contributed by atoms with Gasteiger partial charge in [-0.05, 0) is 23.8 Å². The van der Waals surface area contributed by atoms with Crippen LogP contribution in [0.2, 0.25) is 5.02 Å². The van der Waals surface area contributed by atoms with E-state index in [0.29, 0.717) is 10.8 Å². The molecule has 0 fully saturated rings. The van der Waals surface area contributed by atoms with E-state index in [9.17, 15) is 4.39 Å². The lowest BCUT2D eigenvalue weighted by molar-refractivity contribution is 0.410. The molecule has 0 aliphatic carbocycles. The number of nitrogen functional groups attached to an aromatic ring is 1. The first-order valence-electron chi connectivity index (χ1n) is 5.67. The van der Waals surface area contributed by atoms with Crippen LogP contribution in [0.3, 0.4) is 0 Å².